The predicted octanol–water partition coefficient (Wildman–Crippen LogP) is 5.84. The lowest BCUT2D eigenvalue weighted by Crippen LogP contribution is -2.28. The van der Waals surface area contributed by atoms with Gasteiger partial charge in [-0.25, -0.2) is 4.39 Å². The molecule has 5 nitrogen and oxygen atoms in total. The van der Waals surface area contributed by atoms with Gasteiger partial charge in [0.15, 0.2) is 10.8 Å². The van der Waals surface area contributed by atoms with Gasteiger partial charge in [0, 0.05) is 41.1 Å². The fraction of sp³-hybridized carbons (Fsp3) is 0.440. The average molecular weight is 454 g/mol. The minimum atomic E-state index is -0.167. The Hall–Kier alpha value is -2.38. The number of thioether (sulfide) groups is 1. The first-order valence-electron chi connectivity index (χ1n) is 11.5. The number of rotatable bonds is 11. The molecule has 0 saturated heterocycles. The highest BCUT2D eigenvalue weighted by molar-refractivity contribution is 7.99. The maximum Gasteiger partial charge on any atom is 0.195 e. The molecule has 7 heteroatoms. The number of pyridine rings is 1. The van der Waals surface area contributed by atoms with E-state index in [0.717, 1.165) is 66.4 Å². The van der Waals surface area contributed by atoms with Crippen LogP contribution in [0.1, 0.15) is 45.3 Å². The number of nitrogens with zero attached hydrogens (tertiary/aromatic N) is 5. The summed E-state index contributed by atoms with van der Waals surface area (Å²) < 4.78 is 18.1. The van der Waals surface area contributed by atoms with Crippen molar-refractivity contribution in [2.75, 3.05) is 25.4 Å². The van der Waals surface area contributed by atoms with Gasteiger partial charge in [-0.2, -0.15) is 0 Å². The fourth-order valence-electron chi connectivity index (χ4n) is 4.35. The largest absolute Gasteiger partial charge is 0.342 e. The average Bonchev–Trinajstić information content (AvgIpc) is 3.39. The highest BCUT2D eigenvalue weighted by Crippen LogP contribution is 2.27. The Morgan fingerprint density at radius 3 is 2.78 bits per heavy atom. The maximum absolute atomic E-state index is 13.7. The Bertz CT molecular complexity index is 1170. The van der Waals surface area contributed by atoms with E-state index in [2.05, 4.69) is 46.5 Å². The van der Waals surface area contributed by atoms with Crippen LogP contribution in [0.4, 0.5) is 4.39 Å². The minimum absolute atomic E-state index is 0.167. The summed E-state index contributed by atoms with van der Waals surface area (Å²) in [6, 6.07) is 13.6. The van der Waals surface area contributed by atoms with E-state index in [1.165, 1.54) is 5.69 Å². The quantitative estimate of drug-likeness (QED) is 0.211. The van der Waals surface area contributed by atoms with Crippen LogP contribution in [0.5, 0.6) is 0 Å². The molecule has 170 valence electrons. The summed E-state index contributed by atoms with van der Waals surface area (Å²) in [6.07, 6.45) is 5.15. The van der Waals surface area contributed by atoms with E-state index in [1.54, 1.807) is 23.9 Å². The Morgan fingerprint density at radius 1 is 1.09 bits per heavy atom. The van der Waals surface area contributed by atoms with Crippen LogP contribution in [0.25, 0.3) is 16.6 Å². The monoisotopic (exact) mass is 453 g/mol. The molecule has 0 N–H and O–H groups in total. The third-order valence-corrected chi connectivity index (χ3v) is 7.16. The van der Waals surface area contributed by atoms with Crippen LogP contribution in [-0.2, 0) is 6.42 Å². The van der Waals surface area contributed by atoms with Gasteiger partial charge in [0.25, 0.3) is 0 Å². The fourth-order valence-corrected chi connectivity index (χ4v) is 5.20. The molecular formula is C25H32FN5S. The molecule has 4 rings (SSSR count). The molecule has 0 aliphatic rings. The zero-order valence-corrected chi connectivity index (χ0v) is 20.0. The van der Waals surface area contributed by atoms with E-state index in [1.807, 2.05) is 34.9 Å². The molecule has 1 atom stereocenters. The molecule has 0 aliphatic heterocycles. The van der Waals surface area contributed by atoms with Crippen LogP contribution >= 0.6 is 11.8 Å². The van der Waals surface area contributed by atoms with Crippen LogP contribution < -0.4 is 0 Å². The summed E-state index contributed by atoms with van der Waals surface area (Å²) in [5.41, 5.74) is 3.31. The standard InChI is InChI=1S/C25H32FN5S/c1-4-22-18-20-17-21(26)10-11-23(20)31(22)19(3)12-15-29(5-2)13-8-16-32-25-28-27-24-9-6-7-14-30(24)25/h6-7,9-11,14,17-19H,4-5,8,12-13,15-16H2,1-3H3. The number of benzene rings is 1. The number of fused-ring (bicyclic) bond motifs is 2. The molecule has 0 amide bonds. The van der Waals surface area contributed by atoms with Gasteiger partial charge in [-0.05, 0) is 75.7 Å². The second-order valence-corrected chi connectivity index (χ2v) is 9.31. The van der Waals surface area contributed by atoms with Gasteiger partial charge in [0.2, 0.25) is 0 Å². The molecule has 1 unspecified atom stereocenters. The molecule has 0 spiro atoms. The normalized spacial score (nSPS) is 12.9. The van der Waals surface area contributed by atoms with E-state index < -0.39 is 0 Å². The summed E-state index contributed by atoms with van der Waals surface area (Å²) in [5, 5.41) is 10.5. The van der Waals surface area contributed by atoms with Gasteiger partial charge in [-0.3, -0.25) is 4.40 Å². The summed E-state index contributed by atoms with van der Waals surface area (Å²) in [5.74, 6) is 0.856. The van der Waals surface area contributed by atoms with Gasteiger partial charge in [0.1, 0.15) is 5.82 Å². The first kappa shape index (κ1) is 22.8. The number of aryl methyl sites for hydroxylation is 1. The van der Waals surface area contributed by atoms with E-state index >= 15 is 0 Å². The van der Waals surface area contributed by atoms with Crippen molar-refractivity contribution in [3.05, 3.63) is 60.2 Å². The second kappa shape index (κ2) is 10.5. The number of halogens is 1. The molecule has 3 heterocycles. The highest BCUT2D eigenvalue weighted by atomic mass is 32.2. The lowest BCUT2D eigenvalue weighted by molar-refractivity contribution is 0.268. The van der Waals surface area contributed by atoms with Crippen LogP contribution in [0.2, 0.25) is 0 Å². The number of hydrogen-bond acceptors (Lipinski definition) is 4. The Balaban J connectivity index is 1.30. The Kier molecular flexibility index (Phi) is 7.48. The number of aromatic nitrogens is 4. The Labute approximate surface area is 193 Å². The zero-order valence-electron chi connectivity index (χ0n) is 19.2. The lowest BCUT2D eigenvalue weighted by atomic mass is 10.2. The SMILES string of the molecule is CCc1cc2cc(F)ccc2n1C(C)CCN(CC)CCCSc1nnc2ccccn12. The van der Waals surface area contributed by atoms with Crippen molar-refractivity contribution < 1.29 is 4.39 Å². The summed E-state index contributed by atoms with van der Waals surface area (Å²) in [6.45, 7) is 9.86. The van der Waals surface area contributed by atoms with Crippen molar-refractivity contribution in [2.45, 2.75) is 51.2 Å². The van der Waals surface area contributed by atoms with Crippen LogP contribution in [0.15, 0.2) is 53.8 Å². The van der Waals surface area contributed by atoms with Gasteiger partial charge in [-0.1, -0.05) is 31.7 Å². The summed E-state index contributed by atoms with van der Waals surface area (Å²) in [7, 11) is 0. The molecule has 32 heavy (non-hydrogen) atoms. The van der Waals surface area contributed by atoms with Crippen LogP contribution in [-0.4, -0.2) is 49.5 Å². The molecule has 0 fully saturated rings. The lowest BCUT2D eigenvalue weighted by Gasteiger charge is -2.24. The van der Waals surface area contributed by atoms with Gasteiger partial charge in [-0.15, -0.1) is 10.2 Å². The van der Waals surface area contributed by atoms with E-state index in [9.17, 15) is 4.39 Å². The Morgan fingerprint density at radius 2 is 1.97 bits per heavy atom. The number of hydrogen-bond donors (Lipinski definition) is 0. The van der Waals surface area contributed by atoms with E-state index in [4.69, 9.17) is 0 Å². The highest BCUT2D eigenvalue weighted by Gasteiger charge is 2.15. The molecule has 3 aromatic heterocycles. The molecule has 0 saturated carbocycles. The first-order chi connectivity index (χ1) is 15.6. The van der Waals surface area contributed by atoms with Crippen LogP contribution in [0, 0.1) is 5.82 Å². The molecule has 0 bridgehead atoms. The van der Waals surface area contributed by atoms with Crippen molar-refractivity contribution >= 4 is 28.3 Å². The third kappa shape index (κ3) is 4.99. The van der Waals surface area contributed by atoms with Crippen molar-refractivity contribution in [3.8, 4) is 0 Å². The van der Waals surface area contributed by atoms with Gasteiger partial charge >= 0.3 is 0 Å². The maximum atomic E-state index is 13.7. The predicted molar refractivity (Wildman–Crippen MR) is 131 cm³/mol. The van der Waals surface area contributed by atoms with E-state index in [-0.39, 0.29) is 5.82 Å². The first-order valence-corrected chi connectivity index (χ1v) is 12.5. The molecule has 1 aromatic carbocycles. The van der Waals surface area contributed by atoms with Gasteiger partial charge < -0.3 is 9.47 Å². The van der Waals surface area contributed by atoms with E-state index in [0.29, 0.717) is 6.04 Å². The van der Waals surface area contributed by atoms with Gasteiger partial charge in [0.05, 0.1) is 0 Å². The summed E-state index contributed by atoms with van der Waals surface area (Å²) >= 11 is 1.77. The molecular weight excluding hydrogens is 421 g/mol. The smallest absolute Gasteiger partial charge is 0.195 e. The van der Waals surface area contributed by atoms with Crippen molar-refractivity contribution in [2.24, 2.45) is 0 Å². The third-order valence-electron chi connectivity index (χ3n) is 6.13. The topological polar surface area (TPSA) is 38.4 Å². The van der Waals surface area contributed by atoms with Crippen molar-refractivity contribution in [1.29, 1.82) is 0 Å². The van der Waals surface area contributed by atoms with Crippen molar-refractivity contribution in [1.82, 2.24) is 24.1 Å². The zero-order chi connectivity index (χ0) is 22.5. The minimum Gasteiger partial charge on any atom is -0.342 e. The molecule has 4 aromatic rings. The molecule has 0 radical (unpaired) electrons. The molecule has 0 aliphatic carbocycles. The van der Waals surface area contributed by atoms with Crippen molar-refractivity contribution in [3.63, 3.8) is 0 Å². The summed E-state index contributed by atoms with van der Waals surface area (Å²) in [4.78, 5) is 2.52. The second-order valence-electron chi connectivity index (χ2n) is 8.25. The van der Waals surface area contributed by atoms with Crippen LogP contribution in [0.3, 0.4) is 0 Å².